The van der Waals surface area contributed by atoms with Crippen LogP contribution < -0.4 is 15.0 Å². The Bertz CT molecular complexity index is 1400. The van der Waals surface area contributed by atoms with Crippen LogP contribution in [0.2, 0.25) is 0 Å². The SMILES string of the molecule is CCOc1cc(/C=C/C(=O)OCc2cc(=O)n3c(n2)sc2ccccc23)ccc1OC(F)F. The fourth-order valence-corrected chi connectivity index (χ4v) is 4.19. The van der Waals surface area contributed by atoms with Crippen molar-refractivity contribution in [2.24, 2.45) is 0 Å². The third kappa shape index (κ3) is 5.17. The van der Waals surface area contributed by atoms with Gasteiger partial charge in [0, 0.05) is 12.1 Å². The van der Waals surface area contributed by atoms with Crippen molar-refractivity contribution in [2.75, 3.05) is 6.61 Å². The molecule has 0 spiro atoms. The fourth-order valence-electron chi connectivity index (χ4n) is 3.14. The number of thiazole rings is 1. The Labute approximate surface area is 190 Å². The summed E-state index contributed by atoms with van der Waals surface area (Å²) in [4.78, 5) is 29.6. The third-order valence-corrected chi connectivity index (χ3v) is 5.53. The number of ether oxygens (including phenoxy) is 3. The number of nitrogens with zero attached hydrogens (tertiary/aromatic N) is 2. The molecule has 0 aliphatic heterocycles. The Morgan fingerprint density at radius 1 is 1.18 bits per heavy atom. The van der Waals surface area contributed by atoms with Crippen molar-refractivity contribution < 1.29 is 27.8 Å². The fraction of sp³-hybridized carbons (Fsp3) is 0.174. The van der Waals surface area contributed by atoms with Gasteiger partial charge in [-0.15, -0.1) is 0 Å². The topological polar surface area (TPSA) is 79.1 Å². The molecule has 0 aliphatic rings. The Hall–Kier alpha value is -3.79. The van der Waals surface area contributed by atoms with E-state index >= 15 is 0 Å². The van der Waals surface area contributed by atoms with Gasteiger partial charge >= 0.3 is 12.6 Å². The van der Waals surface area contributed by atoms with Gasteiger partial charge in [-0.2, -0.15) is 8.78 Å². The number of carbonyl (C=O) groups is 1. The van der Waals surface area contributed by atoms with Crippen LogP contribution in [-0.2, 0) is 16.1 Å². The van der Waals surface area contributed by atoms with Crippen LogP contribution in [0, 0.1) is 0 Å². The van der Waals surface area contributed by atoms with E-state index in [9.17, 15) is 18.4 Å². The van der Waals surface area contributed by atoms with E-state index in [1.807, 2.05) is 24.3 Å². The van der Waals surface area contributed by atoms with Gasteiger partial charge in [-0.25, -0.2) is 9.78 Å². The van der Waals surface area contributed by atoms with Crippen molar-refractivity contribution in [1.29, 1.82) is 0 Å². The predicted molar refractivity (Wildman–Crippen MR) is 120 cm³/mol. The monoisotopic (exact) mass is 472 g/mol. The van der Waals surface area contributed by atoms with Crippen LogP contribution >= 0.6 is 11.3 Å². The maximum atomic E-state index is 12.5. The molecule has 0 saturated carbocycles. The maximum absolute atomic E-state index is 12.5. The minimum Gasteiger partial charge on any atom is -0.490 e. The van der Waals surface area contributed by atoms with E-state index in [1.165, 1.54) is 52.2 Å². The number of alkyl halides is 2. The average molecular weight is 472 g/mol. The molecule has 0 N–H and O–H groups in total. The summed E-state index contributed by atoms with van der Waals surface area (Å²) in [5.41, 5.74) is 1.38. The standard InChI is InChI=1S/C23H18F2N2O5S/c1-2-30-18-11-14(7-9-17(18)32-22(24)25)8-10-21(29)31-13-15-12-20(28)27-16-5-3-4-6-19(16)33-23(27)26-15/h3-12,22H,2,13H2,1H3/b10-8+. The zero-order chi connectivity index (χ0) is 23.4. The molecule has 2 aromatic carbocycles. The van der Waals surface area contributed by atoms with Gasteiger partial charge in [0.05, 0.1) is 22.5 Å². The molecule has 0 fully saturated rings. The second kappa shape index (κ2) is 9.78. The molecule has 4 rings (SSSR count). The first-order valence-corrected chi connectivity index (χ1v) is 10.7. The van der Waals surface area contributed by atoms with Gasteiger partial charge in [0.15, 0.2) is 16.5 Å². The van der Waals surface area contributed by atoms with Gasteiger partial charge in [-0.3, -0.25) is 9.20 Å². The lowest BCUT2D eigenvalue weighted by Gasteiger charge is -2.11. The van der Waals surface area contributed by atoms with Crippen LogP contribution in [0.5, 0.6) is 11.5 Å². The number of benzene rings is 2. The van der Waals surface area contributed by atoms with E-state index in [0.717, 1.165) is 10.2 Å². The number of rotatable bonds is 8. The predicted octanol–water partition coefficient (Wildman–Crippen LogP) is 4.67. The van der Waals surface area contributed by atoms with Crippen molar-refractivity contribution in [2.45, 2.75) is 20.1 Å². The number of halogens is 2. The van der Waals surface area contributed by atoms with Crippen molar-refractivity contribution in [3.05, 3.63) is 76.2 Å². The van der Waals surface area contributed by atoms with E-state index in [4.69, 9.17) is 9.47 Å². The van der Waals surface area contributed by atoms with Gasteiger partial charge in [-0.05, 0) is 42.8 Å². The molecule has 0 saturated heterocycles. The molecule has 7 nitrogen and oxygen atoms in total. The minimum atomic E-state index is -2.98. The highest BCUT2D eigenvalue weighted by atomic mass is 32.1. The molecule has 0 radical (unpaired) electrons. The second-order valence-electron chi connectivity index (χ2n) is 6.73. The van der Waals surface area contributed by atoms with Crippen molar-refractivity contribution in [1.82, 2.24) is 9.38 Å². The number of esters is 1. The van der Waals surface area contributed by atoms with Crippen LogP contribution in [0.3, 0.4) is 0 Å². The number of carbonyl (C=O) groups excluding carboxylic acids is 1. The smallest absolute Gasteiger partial charge is 0.387 e. The molecule has 170 valence electrons. The average Bonchev–Trinajstić information content (AvgIpc) is 3.16. The lowest BCUT2D eigenvalue weighted by Crippen LogP contribution is -2.15. The second-order valence-corrected chi connectivity index (χ2v) is 7.74. The van der Waals surface area contributed by atoms with Crippen LogP contribution in [0.25, 0.3) is 21.3 Å². The van der Waals surface area contributed by atoms with Gasteiger partial charge in [0.1, 0.15) is 6.61 Å². The summed E-state index contributed by atoms with van der Waals surface area (Å²) in [5.74, 6) is -0.616. The Balaban J connectivity index is 1.45. The summed E-state index contributed by atoms with van der Waals surface area (Å²) in [6.45, 7) is -1.18. The first kappa shape index (κ1) is 22.4. The Morgan fingerprint density at radius 3 is 2.79 bits per heavy atom. The minimum absolute atomic E-state index is 0.0967. The Morgan fingerprint density at radius 2 is 2.00 bits per heavy atom. The van der Waals surface area contributed by atoms with Crippen LogP contribution in [0.4, 0.5) is 8.78 Å². The van der Waals surface area contributed by atoms with E-state index in [2.05, 4.69) is 9.72 Å². The van der Waals surface area contributed by atoms with Gasteiger partial charge in [0.2, 0.25) is 0 Å². The van der Waals surface area contributed by atoms with E-state index < -0.39 is 12.6 Å². The number of para-hydroxylation sites is 1. The molecule has 33 heavy (non-hydrogen) atoms. The molecule has 10 heteroatoms. The van der Waals surface area contributed by atoms with Crippen molar-refractivity contribution in [3.8, 4) is 11.5 Å². The van der Waals surface area contributed by atoms with Crippen LogP contribution in [0.15, 0.2) is 59.4 Å². The first-order valence-electron chi connectivity index (χ1n) is 9.91. The summed E-state index contributed by atoms with van der Waals surface area (Å²) in [7, 11) is 0. The summed E-state index contributed by atoms with van der Waals surface area (Å²) >= 11 is 1.37. The Kier molecular flexibility index (Phi) is 6.64. The number of hydrogen-bond donors (Lipinski definition) is 0. The van der Waals surface area contributed by atoms with E-state index in [1.54, 1.807) is 6.92 Å². The van der Waals surface area contributed by atoms with Crippen LogP contribution in [0.1, 0.15) is 18.2 Å². The van der Waals surface area contributed by atoms with Gasteiger partial charge in [0.25, 0.3) is 5.56 Å². The van der Waals surface area contributed by atoms with Crippen molar-refractivity contribution >= 4 is 38.6 Å². The summed E-state index contributed by atoms with van der Waals surface area (Å²) in [6, 6.07) is 13.1. The highest BCUT2D eigenvalue weighted by molar-refractivity contribution is 7.23. The molecule has 2 heterocycles. The molecule has 2 aromatic heterocycles. The molecular formula is C23H18F2N2O5S. The summed E-state index contributed by atoms with van der Waals surface area (Å²) in [6.07, 6.45) is 2.64. The molecule has 0 unspecified atom stereocenters. The van der Waals surface area contributed by atoms with Crippen molar-refractivity contribution in [3.63, 3.8) is 0 Å². The number of fused-ring (bicyclic) bond motifs is 3. The largest absolute Gasteiger partial charge is 0.490 e. The third-order valence-electron chi connectivity index (χ3n) is 4.51. The first-order chi connectivity index (χ1) is 15.9. The molecule has 4 aromatic rings. The number of aromatic nitrogens is 2. The molecule has 0 amide bonds. The van der Waals surface area contributed by atoms with Gasteiger partial charge < -0.3 is 14.2 Å². The highest BCUT2D eigenvalue weighted by Crippen LogP contribution is 2.30. The highest BCUT2D eigenvalue weighted by Gasteiger charge is 2.12. The molecular weight excluding hydrogens is 454 g/mol. The van der Waals surface area contributed by atoms with E-state index in [0.29, 0.717) is 16.2 Å². The van der Waals surface area contributed by atoms with E-state index in [-0.39, 0.29) is 30.3 Å². The van der Waals surface area contributed by atoms with Gasteiger partial charge in [-0.1, -0.05) is 29.5 Å². The number of hydrogen-bond acceptors (Lipinski definition) is 7. The maximum Gasteiger partial charge on any atom is 0.387 e. The zero-order valence-corrected chi connectivity index (χ0v) is 18.2. The summed E-state index contributed by atoms with van der Waals surface area (Å²) in [5, 5.41) is 0. The summed E-state index contributed by atoms with van der Waals surface area (Å²) < 4.78 is 42.4. The van der Waals surface area contributed by atoms with Crippen LogP contribution in [-0.4, -0.2) is 28.6 Å². The lowest BCUT2D eigenvalue weighted by molar-refractivity contribution is -0.139. The normalized spacial score (nSPS) is 11.5. The quantitative estimate of drug-likeness (QED) is 0.274. The molecule has 0 aliphatic carbocycles. The lowest BCUT2D eigenvalue weighted by atomic mass is 10.2. The zero-order valence-electron chi connectivity index (χ0n) is 17.4. The molecule has 0 bridgehead atoms. The molecule has 0 atom stereocenters.